The van der Waals surface area contributed by atoms with E-state index in [2.05, 4.69) is 53.6 Å². The molecule has 0 bridgehead atoms. The summed E-state index contributed by atoms with van der Waals surface area (Å²) in [7, 11) is 0. The predicted octanol–water partition coefficient (Wildman–Crippen LogP) is 5.79. The molecule has 1 amide bonds. The maximum atomic E-state index is 12.7. The summed E-state index contributed by atoms with van der Waals surface area (Å²) in [5, 5.41) is 12.6. The number of hydrogen-bond donors (Lipinski definition) is 1. The molecule has 1 aromatic heterocycles. The van der Waals surface area contributed by atoms with Crippen LogP contribution in [0.4, 0.5) is 5.69 Å². The fourth-order valence-electron chi connectivity index (χ4n) is 3.52. The van der Waals surface area contributed by atoms with Crippen LogP contribution in [0, 0.1) is 0 Å². The van der Waals surface area contributed by atoms with Gasteiger partial charge in [0.25, 0.3) is 0 Å². The van der Waals surface area contributed by atoms with Gasteiger partial charge in [0.2, 0.25) is 5.91 Å². The number of nitrogens with one attached hydrogen (secondary N) is 1. The highest BCUT2D eigenvalue weighted by Crippen LogP contribution is 2.28. The van der Waals surface area contributed by atoms with Gasteiger partial charge < -0.3 is 5.32 Å². The minimum atomic E-state index is -0.0620. The summed E-state index contributed by atoms with van der Waals surface area (Å²) in [5.74, 6) is 0.944. The first-order chi connectivity index (χ1) is 15.7. The molecule has 5 nitrogen and oxygen atoms in total. The predicted molar refractivity (Wildman–Crippen MR) is 131 cm³/mol. The Hall–Kier alpha value is -3.38. The zero-order valence-corrected chi connectivity index (χ0v) is 19.1. The maximum Gasteiger partial charge on any atom is 0.234 e. The molecule has 0 saturated heterocycles. The van der Waals surface area contributed by atoms with Gasteiger partial charge in [0.1, 0.15) is 0 Å². The summed E-state index contributed by atoms with van der Waals surface area (Å²) in [5.41, 5.74) is 5.21. The molecule has 3 aromatic carbocycles. The first-order valence-electron chi connectivity index (χ1n) is 10.8. The van der Waals surface area contributed by atoms with Crippen LogP contribution in [0.5, 0.6) is 0 Å². The summed E-state index contributed by atoms with van der Waals surface area (Å²) in [6.07, 6.45) is 1.85. The smallest absolute Gasteiger partial charge is 0.234 e. The summed E-state index contributed by atoms with van der Waals surface area (Å²) >= 11 is 1.39. The third kappa shape index (κ3) is 4.92. The van der Waals surface area contributed by atoms with Crippen LogP contribution in [0.3, 0.4) is 0 Å². The Balaban J connectivity index is 1.59. The molecule has 32 heavy (non-hydrogen) atoms. The number of hydrogen-bond acceptors (Lipinski definition) is 4. The van der Waals surface area contributed by atoms with E-state index in [1.54, 1.807) is 0 Å². The van der Waals surface area contributed by atoms with Gasteiger partial charge in [-0.3, -0.25) is 9.36 Å². The van der Waals surface area contributed by atoms with Gasteiger partial charge in [0.05, 0.1) is 5.75 Å². The molecule has 1 N–H and O–H groups in total. The van der Waals surface area contributed by atoms with Gasteiger partial charge in [0.15, 0.2) is 11.0 Å². The van der Waals surface area contributed by atoms with E-state index in [4.69, 9.17) is 0 Å². The van der Waals surface area contributed by atoms with Gasteiger partial charge in [-0.1, -0.05) is 86.3 Å². The standard InChI is InChI=1S/C26H26N4OS/c1-3-19-14-16-22(17-15-19)30-25(21-11-6-5-7-12-21)28-29-26(30)32-18-24(31)27-23-13-9-8-10-20(23)4-2/h5-17H,3-4,18H2,1-2H3,(H,27,31). The van der Waals surface area contributed by atoms with Crippen molar-refractivity contribution in [3.05, 3.63) is 90.0 Å². The SMILES string of the molecule is CCc1ccc(-n2c(SCC(=O)Nc3ccccc3CC)nnc2-c2ccccc2)cc1. The molecule has 0 fully saturated rings. The number of aromatic nitrogens is 3. The molecule has 0 spiro atoms. The fraction of sp³-hybridized carbons (Fsp3) is 0.192. The molecule has 4 rings (SSSR count). The Morgan fingerprint density at radius 3 is 2.31 bits per heavy atom. The van der Waals surface area contributed by atoms with Gasteiger partial charge in [0, 0.05) is 16.9 Å². The van der Waals surface area contributed by atoms with E-state index in [0.29, 0.717) is 5.16 Å². The molecule has 162 valence electrons. The zero-order valence-electron chi connectivity index (χ0n) is 18.3. The molecule has 0 aliphatic heterocycles. The third-order valence-electron chi connectivity index (χ3n) is 5.27. The lowest BCUT2D eigenvalue weighted by atomic mass is 10.1. The first kappa shape index (κ1) is 21.8. The molecule has 1 heterocycles. The zero-order chi connectivity index (χ0) is 22.3. The summed E-state index contributed by atoms with van der Waals surface area (Å²) in [6.45, 7) is 4.22. The van der Waals surface area contributed by atoms with Crippen molar-refractivity contribution >= 4 is 23.4 Å². The Bertz CT molecular complexity index is 1190. The van der Waals surface area contributed by atoms with Crippen LogP contribution in [0.2, 0.25) is 0 Å². The van der Waals surface area contributed by atoms with E-state index >= 15 is 0 Å². The van der Waals surface area contributed by atoms with E-state index in [0.717, 1.165) is 41.2 Å². The van der Waals surface area contributed by atoms with E-state index in [1.165, 1.54) is 17.3 Å². The molecule has 6 heteroatoms. The number of para-hydroxylation sites is 1. The van der Waals surface area contributed by atoms with Crippen molar-refractivity contribution in [1.82, 2.24) is 14.8 Å². The van der Waals surface area contributed by atoms with E-state index in [-0.39, 0.29) is 11.7 Å². The second kappa shape index (κ2) is 10.3. The highest BCUT2D eigenvalue weighted by atomic mass is 32.2. The van der Waals surface area contributed by atoms with Crippen molar-refractivity contribution in [2.45, 2.75) is 31.8 Å². The molecule has 0 aliphatic carbocycles. The number of carbonyl (C=O) groups excluding carboxylic acids is 1. The van der Waals surface area contributed by atoms with Gasteiger partial charge >= 0.3 is 0 Å². The second-order valence-electron chi connectivity index (χ2n) is 7.38. The number of nitrogens with zero attached hydrogens (tertiary/aromatic N) is 3. The van der Waals surface area contributed by atoms with Crippen LogP contribution in [0.25, 0.3) is 17.1 Å². The van der Waals surface area contributed by atoms with Crippen molar-refractivity contribution in [3.8, 4) is 17.1 Å². The summed E-state index contributed by atoms with van der Waals surface area (Å²) in [6, 6.07) is 26.3. The van der Waals surface area contributed by atoms with Crippen molar-refractivity contribution in [1.29, 1.82) is 0 Å². The minimum Gasteiger partial charge on any atom is -0.325 e. The number of carbonyl (C=O) groups is 1. The third-order valence-corrected chi connectivity index (χ3v) is 6.20. The first-order valence-corrected chi connectivity index (χ1v) is 11.8. The van der Waals surface area contributed by atoms with Crippen molar-refractivity contribution in [3.63, 3.8) is 0 Å². The highest BCUT2D eigenvalue weighted by Gasteiger charge is 2.17. The Kier molecular flexibility index (Phi) is 7.02. The van der Waals surface area contributed by atoms with Crippen LogP contribution in [0.15, 0.2) is 84.0 Å². The van der Waals surface area contributed by atoms with Gasteiger partial charge in [-0.05, 0) is 42.2 Å². The summed E-state index contributed by atoms with van der Waals surface area (Å²) < 4.78 is 2.02. The second-order valence-corrected chi connectivity index (χ2v) is 8.32. The summed E-state index contributed by atoms with van der Waals surface area (Å²) in [4.78, 5) is 12.7. The molecular formula is C26H26N4OS. The van der Waals surface area contributed by atoms with Gasteiger partial charge in [-0.25, -0.2) is 0 Å². The lowest BCUT2D eigenvalue weighted by Gasteiger charge is -2.12. The Morgan fingerprint density at radius 2 is 1.59 bits per heavy atom. The maximum absolute atomic E-state index is 12.7. The highest BCUT2D eigenvalue weighted by molar-refractivity contribution is 7.99. The van der Waals surface area contributed by atoms with Crippen molar-refractivity contribution in [2.75, 3.05) is 11.1 Å². The topological polar surface area (TPSA) is 59.8 Å². The number of thioether (sulfide) groups is 1. The largest absolute Gasteiger partial charge is 0.325 e. The van der Waals surface area contributed by atoms with Crippen LogP contribution in [-0.4, -0.2) is 26.4 Å². The minimum absolute atomic E-state index is 0.0620. The van der Waals surface area contributed by atoms with Crippen LogP contribution in [-0.2, 0) is 17.6 Å². The Morgan fingerprint density at radius 1 is 0.875 bits per heavy atom. The van der Waals surface area contributed by atoms with Crippen LogP contribution in [0.1, 0.15) is 25.0 Å². The molecule has 0 radical (unpaired) electrons. The number of benzene rings is 3. The van der Waals surface area contributed by atoms with Crippen LogP contribution < -0.4 is 5.32 Å². The molecular weight excluding hydrogens is 416 g/mol. The number of rotatable bonds is 8. The normalized spacial score (nSPS) is 10.8. The average molecular weight is 443 g/mol. The molecule has 0 atom stereocenters. The monoisotopic (exact) mass is 442 g/mol. The van der Waals surface area contributed by atoms with E-state index < -0.39 is 0 Å². The lowest BCUT2D eigenvalue weighted by Crippen LogP contribution is -2.15. The fourth-order valence-corrected chi connectivity index (χ4v) is 4.27. The molecule has 0 saturated carbocycles. The van der Waals surface area contributed by atoms with Gasteiger partial charge in [-0.2, -0.15) is 0 Å². The van der Waals surface area contributed by atoms with Gasteiger partial charge in [-0.15, -0.1) is 10.2 Å². The molecule has 0 aliphatic rings. The number of anilines is 1. The molecule has 0 unspecified atom stereocenters. The average Bonchev–Trinajstić information content (AvgIpc) is 3.27. The van der Waals surface area contributed by atoms with Crippen LogP contribution >= 0.6 is 11.8 Å². The van der Waals surface area contributed by atoms with Crippen molar-refractivity contribution < 1.29 is 4.79 Å². The number of aryl methyl sites for hydroxylation is 2. The lowest BCUT2D eigenvalue weighted by molar-refractivity contribution is -0.113. The molecule has 4 aromatic rings. The number of amides is 1. The Labute approximate surface area is 192 Å². The van der Waals surface area contributed by atoms with Crippen molar-refractivity contribution in [2.24, 2.45) is 0 Å². The van der Waals surface area contributed by atoms with E-state index in [1.807, 2.05) is 59.2 Å². The van der Waals surface area contributed by atoms with E-state index in [9.17, 15) is 4.79 Å². The quantitative estimate of drug-likeness (QED) is 0.351.